The van der Waals surface area contributed by atoms with Crippen molar-refractivity contribution in [2.45, 2.75) is 39.3 Å². The van der Waals surface area contributed by atoms with Crippen molar-refractivity contribution in [3.63, 3.8) is 0 Å². The normalized spacial score (nSPS) is 12.9. The first-order valence-corrected chi connectivity index (χ1v) is 6.30. The van der Waals surface area contributed by atoms with Gasteiger partial charge in [-0.25, -0.2) is 19.5 Å². The summed E-state index contributed by atoms with van der Waals surface area (Å²) in [5, 5.41) is 10.6. The van der Waals surface area contributed by atoms with Gasteiger partial charge in [-0.3, -0.25) is 0 Å². The van der Waals surface area contributed by atoms with Gasteiger partial charge in [-0.05, 0) is 27.7 Å². The predicted molar refractivity (Wildman–Crippen MR) is 67.9 cm³/mol. The van der Waals surface area contributed by atoms with E-state index in [2.05, 4.69) is 4.98 Å². The maximum Gasteiger partial charge on any atom is 0.416 e. The molecule has 1 aromatic rings. The van der Waals surface area contributed by atoms with E-state index in [0.29, 0.717) is 0 Å². The van der Waals surface area contributed by atoms with Gasteiger partial charge in [0.1, 0.15) is 17.5 Å². The van der Waals surface area contributed by atoms with Crippen LogP contribution >= 0.6 is 11.3 Å². The Labute approximate surface area is 109 Å². The summed E-state index contributed by atoms with van der Waals surface area (Å²) in [6.07, 6.45) is -0.719. The lowest BCUT2D eigenvalue weighted by Crippen LogP contribution is -2.46. The number of carbonyl (C=O) groups excluding carboxylic acids is 1. The van der Waals surface area contributed by atoms with Gasteiger partial charge in [0.25, 0.3) is 0 Å². The Morgan fingerprint density at radius 3 is 2.50 bits per heavy atom. The Balaban J connectivity index is 2.99. The molecule has 1 atom stereocenters. The van der Waals surface area contributed by atoms with E-state index in [9.17, 15) is 9.59 Å². The van der Waals surface area contributed by atoms with Crippen molar-refractivity contribution in [2.24, 2.45) is 0 Å². The molecule has 1 amide bonds. The van der Waals surface area contributed by atoms with Crippen LogP contribution in [0.15, 0.2) is 10.9 Å². The summed E-state index contributed by atoms with van der Waals surface area (Å²) in [6.45, 7) is 6.56. The summed E-state index contributed by atoms with van der Waals surface area (Å²) in [4.78, 5) is 28.0. The summed E-state index contributed by atoms with van der Waals surface area (Å²) in [7, 11) is 0. The van der Waals surface area contributed by atoms with Gasteiger partial charge >= 0.3 is 12.1 Å². The van der Waals surface area contributed by atoms with Crippen molar-refractivity contribution in [2.75, 3.05) is 4.90 Å². The third kappa shape index (κ3) is 3.69. The van der Waals surface area contributed by atoms with Gasteiger partial charge in [0, 0.05) is 5.38 Å². The van der Waals surface area contributed by atoms with Gasteiger partial charge in [0.2, 0.25) is 0 Å². The van der Waals surface area contributed by atoms with Crippen molar-refractivity contribution < 1.29 is 19.4 Å². The molecule has 1 heterocycles. The molecule has 0 aliphatic rings. The first kappa shape index (κ1) is 14.4. The number of anilines is 1. The topological polar surface area (TPSA) is 79.7 Å². The molecular weight excluding hydrogens is 256 g/mol. The molecule has 0 saturated heterocycles. The SMILES string of the molecule is CC(C(=O)O)N(C(=O)OC(C)(C)C)c1cscn1. The van der Waals surface area contributed by atoms with Crippen LogP contribution in [-0.2, 0) is 9.53 Å². The summed E-state index contributed by atoms with van der Waals surface area (Å²) in [6, 6.07) is -1.04. The predicted octanol–water partition coefficient (Wildman–Crippen LogP) is 2.36. The highest BCUT2D eigenvalue weighted by atomic mass is 32.1. The zero-order chi connectivity index (χ0) is 13.9. The molecular formula is C11H16N2O4S. The van der Waals surface area contributed by atoms with Crippen LogP contribution in [-0.4, -0.2) is 33.8 Å². The molecule has 0 aromatic carbocycles. The van der Waals surface area contributed by atoms with Crippen molar-refractivity contribution in [1.82, 2.24) is 4.98 Å². The molecule has 7 heteroatoms. The van der Waals surface area contributed by atoms with E-state index in [-0.39, 0.29) is 5.82 Å². The van der Waals surface area contributed by atoms with E-state index < -0.39 is 23.7 Å². The second kappa shape index (κ2) is 5.34. The second-order valence-corrected chi connectivity index (χ2v) is 5.43. The fourth-order valence-corrected chi connectivity index (χ4v) is 1.72. The lowest BCUT2D eigenvalue weighted by atomic mass is 10.2. The van der Waals surface area contributed by atoms with Crippen LogP contribution < -0.4 is 4.90 Å². The second-order valence-electron chi connectivity index (χ2n) is 4.71. The van der Waals surface area contributed by atoms with Crippen molar-refractivity contribution in [3.8, 4) is 0 Å². The van der Waals surface area contributed by atoms with E-state index in [1.54, 1.807) is 26.2 Å². The maximum absolute atomic E-state index is 12.0. The summed E-state index contributed by atoms with van der Waals surface area (Å²) >= 11 is 1.28. The molecule has 0 radical (unpaired) electrons. The molecule has 1 N–H and O–H groups in total. The third-order valence-electron chi connectivity index (χ3n) is 2.00. The first-order valence-electron chi connectivity index (χ1n) is 5.35. The highest BCUT2D eigenvalue weighted by Crippen LogP contribution is 2.20. The molecule has 0 spiro atoms. The molecule has 1 unspecified atom stereocenters. The average molecular weight is 272 g/mol. The minimum absolute atomic E-state index is 0.282. The summed E-state index contributed by atoms with van der Waals surface area (Å²) in [5.41, 5.74) is 0.838. The number of rotatable bonds is 3. The molecule has 0 bridgehead atoms. The highest BCUT2D eigenvalue weighted by molar-refractivity contribution is 7.07. The molecule has 1 rings (SSSR count). The quantitative estimate of drug-likeness (QED) is 0.913. The maximum atomic E-state index is 12.0. The zero-order valence-corrected chi connectivity index (χ0v) is 11.5. The number of hydrogen-bond donors (Lipinski definition) is 1. The van der Waals surface area contributed by atoms with Gasteiger partial charge < -0.3 is 9.84 Å². The molecule has 1 aromatic heterocycles. The highest BCUT2D eigenvalue weighted by Gasteiger charge is 2.32. The van der Waals surface area contributed by atoms with E-state index in [4.69, 9.17) is 9.84 Å². The van der Waals surface area contributed by atoms with Crippen LogP contribution in [0.2, 0.25) is 0 Å². The molecule has 0 aliphatic heterocycles. The number of carboxylic acid groups (broad SMARTS) is 1. The Morgan fingerprint density at radius 1 is 1.50 bits per heavy atom. The van der Waals surface area contributed by atoms with Crippen molar-refractivity contribution in [3.05, 3.63) is 10.9 Å². The number of ether oxygens (including phenoxy) is 1. The zero-order valence-electron chi connectivity index (χ0n) is 10.7. The minimum Gasteiger partial charge on any atom is -0.480 e. The van der Waals surface area contributed by atoms with Gasteiger partial charge in [0.15, 0.2) is 0 Å². The van der Waals surface area contributed by atoms with Crippen LogP contribution in [0.25, 0.3) is 0 Å². The number of carboxylic acids is 1. The molecule has 0 fully saturated rings. The first-order chi connectivity index (χ1) is 8.22. The lowest BCUT2D eigenvalue weighted by Gasteiger charge is -2.28. The van der Waals surface area contributed by atoms with E-state index in [1.165, 1.54) is 23.8 Å². The minimum atomic E-state index is -1.12. The van der Waals surface area contributed by atoms with Gasteiger partial charge in [-0.2, -0.15) is 0 Å². The number of amides is 1. The van der Waals surface area contributed by atoms with Crippen LogP contribution in [0, 0.1) is 0 Å². The number of thiazole rings is 1. The van der Waals surface area contributed by atoms with Gasteiger partial charge in [-0.1, -0.05) is 0 Å². The average Bonchev–Trinajstić information content (AvgIpc) is 2.67. The fourth-order valence-electron chi connectivity index (χ4n) is 1.20. The van der Waals surface area contributed by atoms with E-state index >= 15 is 0 Å². The van der Waals surface area contributed by atoms with Crippen LogP contribution in [0.1, 0.15) is 27.7 Å². The van der Waals surface area contributed by atoms with Crippen molar-refractivity contribution >= 4 is 29.2 Å². The molecule has 6 nitrogen and oxygen atoms in total. The molecule has 0 aliphatic carbocycles. The smallest absolute Gasteiger partial charge is 0.416 e. The lowest BCUT2D eigenvalue weighted by molar-refractivity contribution is -0.138. The summed E-state index contributed by atoms with van der Waals surface area (Å²) < 4.78 is 5.18. The van der Waals surface area contributed by atoms with Gasteiger partial charge in [0.05, 0.1) is 5.51 Å². The standard InChI is InChI=1S/C11H16N2O4S/c1-7(9(14)15)13(8-5-18-6-12-8)10(16)17-11(2,3)4/h5-7H,1-4H3,(H,14,15). The third-order valence-corrected chi connectivity index (χ3v) is 2.58. The Hall–Kier alpha value is -1.63. The monoisotopic (exact) mass is 272 g/mol. The van der Waals surface area contributed by atoms with E-state index in [0.717, 1.165) is 4.90 Å². The Kier molecular flexibility index (Phi) is 4.28. The van der Waals surface area contributed by atoms with E-state index in [1.807, 2.05) is 0 Å². The van der Waals surface area contributed by atoms with Gasteiger partial charge in [-0.15, -0.1) is 11.3 Å². The molecule has 100 valence electrons. The number of nitrogens with zero attached hydrogens (tertiary/aromatic N) is 2. The summed E-state index contributed by atoms with van der Waals surface area (Å²) in [5.74, 6) is -0.835. The van der Waals surface area contributed by atoms with Crippen LogP contribution in [0.5, 0.6) is 0 Å². The Bertz CT molecular complexity index is 425. The molecule has 0 saturated carbocycles. The van der Waals surface area contributed by atoms with Crippen molar-refractivity contribution in [1.29, 1.82) is 0 Å². The van der Waals surface area contributed by atoms with Crippen LogP contribution in [0.3, 0.4) is 0 Å². The number of aromatic nitrogens is 1. The Morgan fingerprint density at radius 2 is 2.11 bits per heavy atom. The van der Waals surface area contributed by atoms with Crippen LogP contribution in [0.4, 0.5) is 10.6 Å². The number of hydrogen-bond acceptors (Lipinski definition) is 5. The largest absolute Gasteiger partial charge is 0.480 e. The number of carbonyl (C=O) groups is 2. The molecule has 18 heavy (non-hydrogen) atoms. The number of aliphatic carboxylic acids is 1. The fraction of sp³-hybridized carbons (Fsp3) is 0.545.